The van der Waals surface area contributed by atoms with Gasteiger partial charge in [-0.3, -0.25) is 0 Å². The quantitative estimate of drug-likeness (QED) is 0.379. The zero-order valence-electron chi connectivity index (χ0n) is 23.3. The first-order chi connectivity index (χ1) is 15.7. The van der Waals surface area contributed by atoms with E-state index in [0.29, 0.717) is 10.8 Å². The third-order valence-corrected chi connectivity index (χ3v) is 11.9. The standard InChI is InChI=1S/C31H56N2/c1-8-22(2)9-10-23(3)27-13-14-28-26-12-11-24-21-25(32-19-20-33(6)7)15-17-30(24,4)29(26)16-18-31(27,28)5/h8,23-29,32H,9-21H2,1-7H3/b22-8-/t23?,24?,25?,26?,27?,28?,29?,30?,31-/m0/s1. The second-order valence-corrected chi connectivity index (χ2v) is 13.8. The Bertz CT molecular complexity index is 682. The van der Waals surface area contributed by atoms with Crippen molar-refractivity contribution >= 4 is 0 Å². The molecule has 0 radical (unpaired) electrons. The van der Waals surface area contributed by atoms with Crippen molar-refractivity contribution in [1.82, 2.24) is 10.2 Å². The second-order valence-electron chi connectivity index (χ2n) is 13.8. The van der Waals surface area contributed by atoms with E-state index in [1.165, 1.54) is 70.6 Å². The number of nitrogens with one attached hydrogen (secondary N) is 1. The van der Waals surface area contributed by atoms with Crippen molar-refractivity contribution in [2.75, 3.05) is 27.2 Å². The average Bonchev–Trinajstić information content (AvgIpc) is 3.14. The van der Waals surface area contributed by atoms with Crippen molar-refractivity contribution < 1.29 is 0 Å². The predicted octanol–water partition coefficient (Wildman–Crippen LogP) is 7.55. The highest BCUT2D eigenvalue weighted by Gasteiger charge is 2.60. The van der Waals surface area contributed by atoms with Gasteiger partial charge in [0, 0.05) is 19.1 Å². The predicted molar refractivity (Wildman–Crippen MR) is 143 cm³/mol. The first kappa shape index (κ1) is 25.7. The van der Waals surface area contributed by atoms with Crippen molar-refractivity contribution in [3.63, 3.8) is 0 Å². The van der Waals surface area contributed by atoms with E-state index in [9.17, 15) is 0 Å². The summed E-state index contributed by atoms with van der Waals surface area (Å²) in [7, 11) is 4.38. The number of hydrogen-bond donors (Lipinski definition) is 1. The topological polar surface area (TPSA) is 15.3 Å². The Morgan fingerprint density at radius 1 is 1.00 bits per heavy atom. The highest BCUT2D eigenvalue weighted by molar-refractivity contribution is 5.10. The number of rotatable bonds is 8. The average molecular weight is 457 g/mol. The number of hydrogen-bond acceptors (Lipinski definition) is 2. The third kappa shape index (κ3) is 5.00. The molecule has 9 atom stereocenters. The van der Waals surface area contributed by atoms with Gasteiger partial charge in [0.15, 0.2) is 0 Å². The molecule has 8 unspecified atom stereocenters. The number of allylic oxidation sites excluding steroid dienone is 2. The summed E-state index contributed by atoms with van der Waals surface area (Å²) in [4.78, 5) is 2.31. The minimum Gasteiger partial charge on any atom is -0.313 e. The van der Waals surface area contributed by atoms with E-state index < -0.39 is 0 Å². The molecule has 2 heteroatoms. The van der Waals surface area contributed by atoms with Crippen LogP contribution >= 0.6 is 0 Å². The van der Waals surface area contributed by atoms with Crippen LogP contribution in [-0.2, 0) is 0 Å². The van der Waals surface area contributed by atoms with Crippen LogP contribution in [0.4, 0.5) is 0 Å². The molecule has 4 aliphatic carbocycles. The maximum absolute atomic E-state index is 3.91. The fraction of sp³-hybridized carbons (Fsp3) is 0.935. The zero-order valence-corrected chi connectivity index (χ0v) is 23.3. The lowest BCUT2D eigenvalue weighted by atomic mass is 9.44. The normalized spacial score (nSPS) is 44.3. The summed E-state index contributed by atoms with van der Waals surface area (Å²) in [6.07, 6.45) is 18.5. The van der Waals surface area contributed by atoms with Gasteiger partial charge in [-0.25, -0.2) is 0 Å². The Balaban J connectivity index is 1.39. The fourth-order valence-corrected chi connectivity index (χ4v) is 9.71. The largest absolute Gasteiger partial charge is 0.313 e. The van der Waals surface area contributed by atoms with Gasteiger partial charge in [0.1, 0.15) is 0 Å². The summed E-state index contributed by atoms with van der Waals surface area (Å²) >= 11 is 0. The molecule has 4 saturated carbocycles. The second kappa shape index (κ2) is 10.3. The Labute approximate surface area is 206 Å². The van der Waals surface area contributed by atoms with Gasteiger partial charge in [0.25, 0.3) is 0 Å². The van der Waals surface area contributed by atoms with Crippen LogP contribution in [0.25, 0.3) is 0 Å². The SMILES string of the molecule is C/C=C(/C)CCC(C)C1CCC2C3CCC4CC(NCCN(C)C)CCC4(C)C3CC[C@@]12C. The van der Waals surface area contributed by atoms with Crippen LogP contribution in [0.15, 0.2) is 11.6 Å². The van der Waals surface area contributed by atoms with Gasteiger partial charge in [0.05, 0.1) is 0 Å². The van der Waals surface area contributed by atoms with Crippen molar-refractivity contribution in [1.29, 1.82) is 0 Å². The lowest BCUT2D eigenvalue weighted by molar-refractivity contribution is -0.117. The van der Waals surface area contributed by atoms with Crippen molar-refractivity contribution in [2.24, 2.45) is 46.3 Å². The highest BCUT2D eigenvalue weighted by atomic mass is 15.1. The number of nitrogens with zero attached hydrogens (tertiary/aromatic N) is 1. The molecule has 0 saturated heterocycles. The Morgan fingerprint density at radius 2 is 1.73 bits per heavy atom. The zero-order chi connectivity index (χ0) is 23.8. The molecule has 4 aliphatic rings. The van der Waals surface area contributed by atoms with Gasteiger partial charge >= 0.3 is 0 Å². The van der Waals surface area contributed by atoms with Crippen molar-refractivity contribution in [3.05, 3.63) is 11.6 Å². The molecule has 0 amide bonds. The third-order valence-electron chi connectivity index (χ3n) is 11.9. The lowest BCUT2D eigenvalue weighted by Crippen LogP contribution is -2.55. The van der Waals surface area contributed by atoms with E-state index >= 15 is 0 Å². The summed E-state index contributed by atoms with van der Waals surface area (Å²) in [5.41, 5.74) is 2.83. The van der Waals surface area contributed by atoms with Gasteiger partial charge in [-0.05, 0) is 145 Å². The maximum Gasteiger partial charge on any atom is 0.0101 e. The first-order valence-corrected chi connectivity index (χ1v) is 14.7. The van der Waals surface area contributed by atoms with Crippen LogP contribution in [0.3, 0.4) is 0 Å². The maximum atomic E-state index is 3.91. The summed E-state index contributed by atoms with van der Waals surface area (Å²) in [5, 5.41) is 3.91. The lowest BCUT2D eigenvalue weighted by Gasteiger charge is -2.61. The smallest absolute Gasteiger partial charge is 0.0101 e. The van der Waals surface area contributed by atoms with Gasteiger partial charge in [-0.2, -0.15) is 0 Å². The monoisotopic (exact) mass is 456 g/mol. The van der Waals surface area contributed by atoms with Crippen LogP contribution < -0.4 is 5.32 Å². The van der Waals surface area contributed by atoms with Crippen molar-refractivity contribution in [2.45, 2.75) is 111 Å². The van der Waals surface area contributed by atoms with Gasteiger partial charge in [-0.1, -0.05) is 32.4 Å². The molecular formula is C31H56N2. The van der Waals surface area contributed by atoms with E-state index in [0.717, 1.165) is 54.6 Å². The molecule has 0 aliphatic heterocycles. The molecule has 0 bridgehead atoms. The minimum absolute atomic E-state index is 0.622. The van der Waals surface area contributed by atoms with Gasteiger partial charge in [-0.15, -0.1) is 0 Å². The minimum atomic E-state index is 0.622. The van der Waals surface area contributed by atoms with Gasteiger partial charge < -0.3 is 10.2 Å². The van der Waals surface area contributed by atoms with Crippen LogP contribution in [0.5, 0.6) is 0 Å². The van der Waals surface area contributed by atoms with Gasteiger partial charge in [0.2, 0.25) is 0 Å². The molecule has 0 spiro atoms. The number of fused-ring (bicyclic) bond motifs is 5. The Morgan fingerprint density at radius 3 is 2.45 bits per heavy atom. The molecule has 1 N–H and O–H groups in total. The van der Waals surface area contributed by atoms with E-state index in [1.807, 2.05) is 0 Å². The molecule has 0 aromatic heterocycles. The van der Waals surface area contributed by atoms with E-state index in [-0.39, 0.29) is 0 Å². The summed E-state index contributed by atoms with van der Waals surface area (Å²) < 4.78 is 0. The molecule has 33 heavy (non-hydrogen) atoms. The van der Waals surface area contributed by atoms with Crippen LogP contribution in [-0.4, -0.2) is 38.1 Å². The fourth-order valence-electron chi connectivity index (χ4n) is 9.71. The van der Waals surface area contributed by atoms with E-state index in [1.54, 1.807) is 5.57 Å². The summed E-state index contributed by atoms with van der Waals surface area (Å²) in [6.45, 7) is 14.9. The highest BCUT2D eigenvalue weighted by Crippen LogP contribution is 2.68. The van der Waals surface area contributed by atoms with E-state index in [4.69, 9.17) is 0 Å². The first-order valence-electron chi connectivity index (χ1n) is 14.7. The summed E-state index contributed by atoms with van der Waals surface area (Å²) in [5.74, 6) is 5.88. The summed E-state index contributed by atoms with van der Waals surface area (Å²) in [6, 6.07) is 0.769. The molecular weight excluding hydrogens is 400 g/mol. The molecule has 2 nitrogen and oxygen atoms in total. The molecule has 190 valence electrons. The molecule has 0 heterocycles. The Hall–Kier alpha value is -0.340. The van der Waals surface area contributed by atoms with Crippen LogP contribution in [0.1, 0.15) is 105 Å². The van der Waals surface area contributed by atoms with Crippen LogP contribution in [0, 0.1) is 46.3 Å². The molecule has 0 aromatic rings. The number of likely N-dealkylation sites (N-methyl/N-ethyl adjacent to an activating group) is 1. The van der Waals surface area contributed by atoms with E-state index in [2.05, 4.69) is 65.0 Å². The molecule has 0 aromatic carbocycles. The Kier molecular flexibility index (Phi) is 8.06. The molecule has 4 rings (SSSR count). The van der Waals surface area contributed by atoms with Crippen LogP contribution in [0.2, 0.25) is 0 Å². The molecule has 4 fully saturated rings. The van der Waals surface area contributed by atoms with Crippen molar-refractivity contribution in [3.8, 4) is 0 Å².